The van der Waals surface area contributed by atoms with Gasteiger partial charge in [-0.3, -0.25) is 4.90 Å². The fraction of sp³-hybridized carbons (Fsp3) is 1.00. The lowest BCUT2D eigenvalue weighted by atomic mass is 10.1. The summed E-state index contributed by atoms with van der Waals surface area (Å²) in [5.74, 6) is 0. The van der Waals surface area contributed by atoms with E-state index in [1.807, 2.05) is 0 Å². The summed E-state index contributed by atoms with van der Waals surface area (Å²) in [6.45, 7) is 6.92. The van der Waals surface area contributed by atoms with Gasteiger partial charge in [-0.05, 0) is 6.92 Å². The van der Waals surface area contributed by atoms with E-state index < -0.39 is 0 Å². The molecular weight excluding hydrogens is 142 g/mol. The second kappa shape index (κ2) is 3.09. The minimum atomic E-state index is 0.581. The molecule has 0 aromatic heterocycles. The summed E-state index contributed by atoms with van der Waals surface area (Å²) in [5, 5.41) is 0. The van der Waals surface area contributed by atoms with Gasteiger partial charge in [-0.25, -0.2) is 0 Å². The average molecular weight is 157 g/mol. The molecular formula is C8H15NO2. The van der Waals surface area contributed by atoms with Gasteiger partial charge in [-0.15, -0.1) is 0 Å². The highest BCUT2D eigenvalue weighted by Gasteiger charge is 2.31. The lowest BCUT2D eigenvalue weighted by molar-refractivity contribution is -0.113. The summed E-state index contributed by atoms with van der Waals surface area (Å²) in [6, 6.07) is 1.26. The van der Waals surface area contributed by atoms with Crippen LogP contribution in [-0.4, -0.2) is 50.0 Å². The summed E-state index contributed by atoms with van der Waals surface area (Å²) in [4.78, 5) is 2.49. The zero-order valence-corrected chi connectivity index (χ0v) is 6.95. The van der Waals surface area contributed by atoms with Gasteiger partial charge in [0.1, 0.15) is 0 Å². The highest BCUT2D eigenvalue weighted by molar-refractivity contribution is 4.83. The summed E-state index contributed by atoms with van der Waals surface area (Å²) in [7, 11) is 0. The number of hydrogen-bond donors (Lipinski definition) is 0. The summed E-state index contributed by atoms with van der Waals surface area (Å²) >= 11 is 0. The standard InChI is InChI=1S/C8H15NO2/c1-7-4-10-3-2-9(7)8-5-11-6-8/h7-8H,2-6H2,1H3. The topological polar surface area (TPSA) is 21.7 Å². The lowest BCUT2D eigenvalue weighted by Gasteiger charge is -2.43. The number of nitrogens with zero attached hydrogens (tertiary/aromatic N) is 1. The molecule has 0 bridgehead atoms. The normalized spacial score (nSPS) is 35.2. The molecule has 2 saturated heterocycles. The molecule has 11 heavy (non-hydrogen) atoms. The molecule has 2 rings (SSSR count). The van der Waals surface area contributed by atoms with Gasteiger partial charge in [0.15, 0.2) is 0 Å². The van der Waals surface area contributed by atoms with E-state index in [0.29, 0.717) is 12.1 Å². The number of ether oxygens (including phenoxy) is 2. The van der Waals surface area contributed by atoms with Crippen molar-refractivity contribution in [3.8, 4) is 0 Å². The third-order valence-electron chi connectivity index (χ3n) is 2.51. The molecule has 0 aromatic carbocycles. The SMILES string of the molecule is CC1COCCN1C1COC1. The molecule has 0 radical (unpaired) electrons. The van der Waals surface area contributed by atoms with Crippen LogP contribution in [0, 0.1) is 0 Å². The van der Waals surface area contributed by atoms with Crippen LogP contribution in [-0.2, 0) is 9.47 Å². The van der Waals surface area contributed by atoms with Gasteiger partial charge in [-0.2, -0.15) is 0 Å². The van der Waals surface area contributed by atoms with Gasteiger partial charge in [0.2, 0.25) is 0 Å². The Bertz CT molecular complexity index is 134. The molecule has 0 saturated carbocycles. The zero-order chi connectivity index (χ0) is 7.68. The molecule has 2 fully saturated rings. The van der Waals surface area contributed by atoms with Crippen LogP contribution in [0.2, 0.25) is 0 Å². The van der Waals surface area contributed by atoms with Crippen LogP contribution >= 0.6 is 0 Å². The molecule has 3 heteroatoms. The fourth-order valence-electron chi connectivity index (χ4n) is 1.70. The maximum Gasteiger partial charge on any atom is 0.0645 e. The summed E-state index contributed by atoms with van der Waals surface area (Å²) in [5.41, 5.74) is 0. The van der Waals surface area contributed by atoms with E-state index in [9.17, 15) is 0 Å². The maximum atomic E-state index is 5.35. The Morgan fingerprint density at radius 3 is 2.55 bits per heavy atom. The highest BCUT2D eigenvalue weighted by atomic mass is 16.5. The van der Waals surface area contributed by atoms with Crippen LogP contribution in [0.4, 0.5) is 0 Å². The highest BCUT2D eigenvalue weighted by Crippen LogP contribution is 2.16. The van der Waals surface area contributed by atoms with Crippen LogP contribution in [0.25, 0.3) is 0 Å². The van der Waals surface area contributed by atoms with Crippen LogP contribution in [0.5, 0.6) is 0 Å². The van der Waals surface area contributed by atoms with E-state index in [1.54, 1.807) is 0 Å². The summed E-state index contributed by atoms with van der Waals surface area (Å²) < 4.78 is 10.5. The zero-order valence-electron chi connectivity index (χ0n) is 6.95. The first-order valence-corrected chi connectivity index (χ1v) is 4.29. The first-order chi connectivity index (χ1) is 5.38. The number of hydrogen-bond acceptors (Lipinski definition) is 3. The van der Waals surface area contributed by atoms with Crippen molar-refractivity contribution in [3.05, 3.63) is 0 Å². The van der Waals surface area contributed by atoms with Crippen molar-refractivity contribution >= 4 is 0 Å². The maximum absolute atomic E-state index is 5.35. The fourth-order valence-corrected chi connectivity index (χ4v) is 1.70. The Balaban J connectivity index is 1.88. The third-order valence-corrected chi connectivity index (χ3v) is 2.51. The molecule has 2 aliphatic heterocycles. The van der Waals surface area contributed by atoms with Gasteiger partial charge in [0, 0.05) is 12.6 Å². The molecule has 2 aliphatic rings. The summed E-state index contributed by atoms with van der Waals surface area (Å²) in [6.07, 6.45) is 0. The Morgan fingerprint density at radius 1 is 1.18 bits per heavy atom. The predicted molar refractivity (Wildman–Crippen MR) is 41.6 cm³/mol. The van der Waals surface area contributed by atoms with Crippen molar-refractivity contribution in [3.63, 3.8) is 0 Å². The molecule has 2 heterocycles. The van der Waals surface area contributed by atoms with Gasteiger partial charge >= 0.3 is 0 Å². The smallest absolute Gasteiger partial charge is 0.0645 e. The molecule has 0 amide bonds. The Labute approximate surface area is 67.3 Å². The van der Waals surface area contributed by atoms with E-state index >= 15 is 0 Å². The molecule has 0 spiro atoms. The van der Waals surface area contributed by atoms with Gasteiger partial charge in [-0.1, -0.05) is 0 Å². The minimum Gasteiger partial charge on any atom is -0.379 e. The minimum absolute atomic E-state index is 0.581. The Kier molecular flexibility index (Phi) is 2.11. The molecule has 1 atom stereocenters. The lowest BCUT2D eigenvalue weighted by Crippen LogP contribution is -2.56. The monoisotopic (exact) mass is 157 g/mol. The van der Waals surface area contributed by atoms with E-state index in [-0.39, 0.29) is 0 Å². The van der Waals surface area contributed by atoms with Crippen molar-refractivity contribution < 1.29 is 9.47 Å². The van der Waals surface area contributed by atoms with Crippen molar-refractivity contribution in [2.75, 3.05) is 33.0 Å². The Hall–Kier alpha value is -0.120. The van der Waals surface area contributed by atoms with Crippen molar-refractivity contribution in [2.45, 2.75) is 19.0 Å². The van der Waals surface area contributed by atoms with Gasteiger partial charge in [0.05, 0.1) is 32.5 Å². The van der Waals surface area contributed by atoms with E-state index in [2.05, 4.69) is 11.8 Å². The van der Waals surface area contributed by atoms with Crippen molar-refractivity contribution in [1.29, 1.82) is 0 Å². The first-order valence-electron chi connectivity index (χ1n) is 4.29. The number of morpholine rings is 1. The van der Waals surface area contributed by atoms with Crippen LogP contribution in [0.1, 0.15) is 6.92 Å². The van der Waals surface area contributed by atoms with Crippen LogP contribution in [0.3, 0.4) is 0 Å². The second-order valence-electron chi connectivity index (χ2n) is 3.35. The van der Waals surface area contributed by atoms with Gasteiger partial charge in [0.25, 0.3) is 0 Å². The predicted octanol–water partition coefficient (Wildman–Crippen LogP) is 0.106. The van der Waals surface area contributed by atoms with Crippen LogP contribution < -0.4 is 0 Å². The first kappa shape index (κ1) is 7.53. The molecule has 0 N–H and O–H groups in total. The van der Waals surface area contributed by atoms with Crippen molar-refractivity contribution in [2.24, 2.45) is 0 Å². The average Bonchev–Trinajstić information content (AvgIpc) is 1.90. The Morgan fingerprint density at radius 2 is 2.00 bits per heavy atom. The molecule has 3 nitrogen and oxygen atoms in total. The largest absolute Gasteiger partial charge is 0.379 e. The third kappa shape index (κ3) is 1.41. The molecule has 0 aliphatic carbocycles. The van der Waals surface area contributed by atoms with E-state index in [1.165, 1.54) is 0 Å². The quantitative estimate of drug-likeness (QED) is 0.539. The van der Waals surface area contributed by atoms with E-state index in [0.717, 1.165) is 33.0 Å². The molecule has 0 aromatic rings. The van der Waals surface area contributed by atoms with Crippen molar-refractivity contribution in [1.82, 2.24) is 4.90 Å². The second-order valence-corrected chi connectivity index (χ2v) is 3.35. The van der Waals surface area contributed by atoms with Gasteiger partial charge < -0.3 is 9.47 Å². The van der Waals surface area contributed by atoms with Crippen LogP contribution in [0.15, 0.2) is 0 Å². The molecule has 1 unspecified atom stereocenters. The number of rotatable bonds is 1. The molecule has 64 valence electrons. The van der Waals surface area contributed by atoms with E-state index in [4.69, 9.17) is 9.47 Å².